The summed E-state index contributed by atoms with van der Waals surface area (Å²) in [6.45, 7) is 3.89. The highest BCUT2D eigenvalue weighted by Crippen LogP contribution is 2.37. The first-order chi connectivity index (χ1) is 14.9. The average molecular weight is 460 g/mol. The van der Waals surface area contributed by atoms with E-state index in [1.807, 2.05) is 54.1 Å². The minimum Gasteiger partial charge on any atom is -0.450 e. The predicted octanol–water partition coefficient (Wildman–Crippen LogP) is 5.07. The summed E-state index contributed by atoms with van der Waals surface area (Å²) in [4.78, 5) is 29.1. The smallest absolute Gasteiger partial charge is 0.409 e. The molecule has 0 aliphatic carbocycles. The predicted molar refractivity (Wildman–Crippen MR) is 123 cm³/mol. The molecular weight excluding hydrogens is 437 g/mol. The van der Waals surface area contributed by atoms with Crippen LogP contribution in [0.15, 0.2) is 42.5 Å². The summed E-state index contributed by atoms with van der Waals surface area (Å²) in [7, 11) is 1.89. The standard InChI is InChI=1S/C23H23Cl2N3O3/c1-3-31-23(30)28-12-10-27(11-13-28)22(29)21-20(15-4-6-16(24)7-5-15)18-14-17(25)8-9-19(18)26(21)2/h4-9,14H,3,10-13H2,1-2H3. The van der Waals surface area contributed by atoms with E-state index in [0.717, 1.165) is 22.0 Å². The summed E-state index contributed by atoms with van der Waals surface area (Å²) in [6, 6.07) is 13.1. The van der Waals surface area contributed by atoms with Crippen molar-refractivity contribution in [2.24, 2.45) is 7.05 Å². The van der Waals surface area contributed by atoms with Gasteiger partial charge in [0.05, 0.1) is 6.61 Å². The van der Waals surface area contributed by atoms with Crippen molar-refractivity contribution in [3.05, 3.63) is 58.2 Å². The molecule has 1 aliphatic heterocycles. The van der Waals surface area contributed by atoms with Crippen LogP contribution in [-0.4, -0.2) is 59.2 Å². The Bertz CT molecular complexity index is 1130. The Labute approximate surface area is 190 Å². The fraction of sp³-hybridized carbons (Fsp3) is 0.304. The fourth-order valence-electron chi connectivity index (χ4n) is 4.03. The quantitative estimate of drug-likeness (QED) is 0.549. The zero-order valence-electron chi connectivity index (χ0n) is 17.4. The van der Waals surface area contributed by atoms with E-state index in [4.69, 9.17) is 27.9 Å². The van der Waals surface area contributed by atoms with Gasteiger partial charge in [-0.05, 0) is 42.8 Å². The number of rotatable bonds is 3. The topological polar surface area (TPSA) is 54.8 Å². The molecule has 0 saturated carbocycles. The maximum absolute atomic E-state index is 13.6. The van der Waals surface area contributed by atoms with Gasteiger partial charge in [-0.25, -0.2) is 4.79 Å². The van der Waals surface area contributed by atoms with Crippen molar-refractivity contribution in [2.75, 3.05) is 32.8 Å². The first kappa shape index (κ1) is 21.5. The first-order valence-electron chi connectivity index (χ1n) is 10.2. The molecule has 0 bridgehead atoms. The van der Waals surface area contributed by atoms with Crippen LogP contribution in [0, 0.1) is 0 Å². The second-order valence-corrected chi connectivity index (χ2v) is 8.30. The van der Waals surface area contributed by atoms with Crippen LogP contribution in [0.2, 0.25) is 10.0 Å². The van der Waals surface area contributed by atoms with E-state index in [9.17, 15) is 9.59 Å². The van der Waals surface area contributed by atoms with Crippen LogP contribution in [0.25, 0.3) is 22.0 Å². The van der Waals surface area contributed by atoms with Crippen LogP contribution in [-0.2, 0) is 11.8 Å². The first-order valence-corrected chi connectivity index (χ1v) is 10.9. The zero-order valence-corrected chi connectivity index (χ0v) is 18.9. The van der Waals surface area contributed by atoms with E-state index in [2.05, 4.69) is 0 Å². The van der Waals surface area contributed by atoms with Gasteiger partial charge in [0.2, 0.25) is 0 Å². The maximum atomic E-state index is 13.6. The van der Waals surface area contributed by atoms with Gasteiger partial charge < -0.3 is 19.1 Å². The van der Waals surface area contributed by atoms with Gasteiger partial charge in [-0.1, -0.05) is 35.3 Å². The Morgan fingerprint density at radius 1 is 0.935 bits per heavy atom. The van der Waals surface area contributed by atoms with E-state index < -0.39 is 0 Å². The van der Waals surface area contributed by atoms with Crippen molar-refractivity contribution in [1.29, 1.82) is 0 Å². The van der Waals surface area contributed by atoms with E-state index in [1.165, 1.54) is 0 Å². The Hall–Kier alpha value is -2.70. The maximum Gasteiger partial charge on any atom is 0.409 e. The Morgan fingerprint density at radius 2 is 1.55 bits per heavy atom. The van der Waals surface area contributed by atoms with E-state index >= 15 is 0 Å². The molecule has 1 fully saturated rings. The molecule has 1 aromatic heterocycles. The Kier molecular flexibility index (Phi) is 6.12. The summed E-state index contributed by atoms with van der Waals surface area (Å²) >= 11 is 12.4. The number of benzene rings is 2. The molecule has 0 unspecified atom stereocenters. The molecule has 2 amide bonds. The molecule has 0 N–H and O–H groups in total. The molecule has 1 saturated heterocycles. The van der Waals surface area contributed by atoms with Crippen LogP contribution in [0.1, 0.15) is 17.4 Å². The van der Waals surface area contributed by atoms with Crippen molar-refractivity contribution in [3.8, 4) is 11.1 Å². The molecule has 3 aromatic rings. The Balaban J connectivity index is 1.73. The highest BCUT2D eigenvalue weighted by Gasteiger charge is 2.30. The van der Waals surface area contributed by atoms with Gasteiger partial charge in [0.1, 0.15) is 5.69 Å². The van der Waals surface area contributed by atoms with E-state index in [1.54, 1.807) is 16.7 Å². The number of aryl methyl sites for hydroxylation is 1. The monoisotopic (exact) mass is 459 g/mol. The molecule has 6 nitrogen and oxygen atoms in total. The molecule has 1 aliphatic rings. The van der Waals surface area contributed by atoms with Gasteiger partial charge >= 0.3 is 6.09 Å². The normalized spacial score (nSPS) is 14.2. The molecule has 4 rings (SSSR count). The van der Waals surface area contributed by atoms with Crippen molar-refractivity contribution in [3.63, 3.8) is 0 Å². The van der Waals surface area contributed by atoms with Gasteiger partial charge in [-0.2, -0.15) is 0 Å². The number of fused-ring (bicyclic) bond motifs is 1. The van der Waals surface area contributed by atoms with Crippen LogP contribution >= 0.6 is 23.2 Å². The molecule has 8 heteroatoms. The summed E-state index contributed by atoms with van der Waals surface area (Å²) in [5.41, 5.74) is 3.23. The van der Waals surface area contributed by atoms with Crippen molar-refractivity contribution < 1.29 is 14.3 Å². The molecule has 2 aromatic carbocycles. The van der Waals surface area contributed by atoms with Gasteiger partial charge in [0, 0.05) is 59.7 Å². The second-order valence-electron chi connectivity index (χ2n) is 7.43. The van der Waals surface area contributed by atoms with Crippen LogP contribution < -0.4 is 0 Å². The van der Waals surface area contributed by atoms with Crippen LogP contribution in [0.5, 0.6) is 0 Å². The third kappa shape index (κ3) is 4.10. The van der Waals surface area contributed by atoms with Gasteiger partial charge in [-0.3, -0.25) is 4.79 Å². The van der Waals surface area contributed by atoms with Crippen LogP contribution in [0.4, 0.5) is 4.79 Å². The molecular formula is C23H23Cl2N3O3. The highest BCUT2D eigenvalue weighted by molar-refractivity contribution is 6.32. The lowest BCUT2D eigenvalue weighted by molar-refractivity contribution is 0.0564. The van der Waals surface area contributed by atoms with Crippen molar-refractivity contribution in [1.82, 2.24) is 14.4 Å². The van der Waals surface area contributed by atoms with Gasteiger partial charge in [-0.15, -0.1) is 0 Å². The lowest BCUT2D eigenvalue weighted by Crippen LogP contribution is -2.51. The lowest BCUT2D eigenvalue weighted by Gasteiger charge is -2.34. The molecule has 2 heterocycles. The number of carbonyl (C=O) groups is 2. The number of piperazine rings is 1. The summed E-state index contributed by atoms with van der Waals surface area (Å²) in [5.74, 6) is -0.0803. The average Bonchev–Trinajstić information content (AvgIpc) is 3.05. The molecule has 162 valence electrons. The molecule has 0 atom stereocenters. The summed E-state index contributed by atoms with van der Waals surface area (Å²) in [6.07, 6.45) is -0.337. The highest BCUT2D eigenvalue weighted by atomic mass is 35.5. The van der Waals surface area contributed by atoms with Crippen molar-refractivity contribution >= 4 is 46.1 Å². The summed E-state index contributed by atoms with van der Waals surface area (Å²) < 4.78 is 6.99. The SMILES string of the molecule is CCOC(=O)N1CCN(C(=O)c2c(-c3ccc(Cl)cc3)c3cc(Cl)ccc3n2C)CC1. The number of aromatic nitrogens is 1. The number of ether oxygens (including phenoxy) is 1. The van der Waals surface area contributed by atoms with Gasteiger partial charge in [0.25, 0.3) is 5.91 Å². The third-order valence-corrected chi connectivity index (χ3v) is 6.08. The molecule has 0 radical (unpaired) electrons. The molecule has 0 spiro atoms. The van der Waals surface area contributed by atoms with E-state index in [0.29, 0.717) is 48.5 Å². The number of hydrogen-bond donors (Lipinski definition) is 0. The minimum atomic E-state index is -0.337. The second kappa shape index (κ2) is 8.81. The zero-order chi connectivity index (χ0) is 22.1. The number of halogens is 2. The lowest BCUT2D eigenvalue weighted by atomic mass is 10.0. The number of amides is 2. The Morgan fingerprint density at radius 3 is 2.19 bits per heavy atom. The van der Waals surface area contributed by atoms with Crippen molar-refractivity contribution in [2.45, 2.75) is 6.92 Å². The number of hydrogen-bond acceptors (Lipinski definition) is 3. The molecule has 31 heavy (non-hydrogen) atoms. The van der Waals surface area contributed by atoms with E-state index in [-0.39, 0.29) is 12.0 Å². The number of nitrogens with zero attached hydrogens (tertiary/aromatic N) is 3. The van der Waals surface area contributed by atoms with Gasteiger partial charge in [0.15, 0.2) is 0 Å². The minimum absolute atomic E-state index is 0.0803. The largest absolute Gasteiger partial charge is 0.450 e. The summed E-state index contributed by atoms with van der Waals surface area (Å²) in [5, 5.41) is 2.14. The third-order valence-electron chi connectivity index (χ3n) is 5.59. The fourth-order valence-corrected chi connectivity index (χ4v) is 4.33. The number of carbonyl (C=O) groups excluding carboxylic acids is 2. The van der Waals surface area contributed by atoms with Crippen LogP contribution in [0.3, 0.4) is 0 Å².